The van der Waals surface area contributed by atoms with Gasteiger partial charge in [-0.05, 0) is 12.5 Å². The van der Waals surface area contributed by atoms with E-state index in [1.54, 1.807) is 11.8 Å². The van der Waals surface area contributed by atoms with Crippen molar-refractivity contribution < 1.29 is 0 Å². The first-order chi connectivity index (χ1) is 7.30. The third kappa shape index (κ3) is 4.17. The standard InChI is InChI=1S/C9H16N4S2/c1-10-7-6-8(11-4-5-14-2)13-9(12-7)15-3/h6H,4-5H2,1-3H3,(H2,10,11,12,13). The van der Waals surface area contributed by atoms with Crippen LogP contribution in [0.15, 0.2) is 11.2 Å². The Hall–Kier alpha value is -0.620. The lowest BCUT2D eigenvalue weighted by Gasteiger charge is -2.07. The molecule has 2 N–H and O–H groups in total. The Morgan fingerprint density at radius 2 is 2.00 bits per heavy atom. The van der Waals surface area contributed by atoms with E-state index in [0.717, 1.165) is 29.1 Å². The first-order valence-electron chi connectivity index (χ1n) is 4.63. The van der Waals surface area contributed by atoms with Crippen molar-refractivity contribution in [2.24, 2.45) is 0 Å². The van der Waals surface area contributed by atoms with Crippen molar-refractivity contribution in [2.75, 3.05) is 42.5 Å². The molecule has 1 heterocycles. The van der Waals surface area contributed by atoms with Gasteiger partial charge < -0.3 is 10.6 Å². The lowest BCUT2D eigenvalue weighted by atomic mass is 10.5. The average Bonchev–Trinajstić information content (AvgIpc) is 2.29. The fourth-order valence-corrected chi connectivity index (χ4v) is 1.70. The zero-order chi connectivity index (χ0) is 11.1. The molecular weight excluding hydrogens is 228 g/mol. The molecule has 0 saturated carbocycles. The van der Waals surface area contributed by atoms with Crippen molar-refractivity contribution >= 4 is 35.2 Å². The summed E-state index contributed by atoms with van der Waals surface area (Å²) in [7, 11) is 1.86. The molecule has 0 fully saturated rings. The highest BCUT2D eigenvalue weighted by Crippen LogP contribution is 2.16. The van der Waals surface area contributed by atoms with Gasteiger partial charge in [-0.1, -0.05) is 11.8 Å². The van der Waals surface area contributed by atoms with E-state index < -0.39 is 0 Å². The lowest BCUT2D eigenvalue weighted by Crippen LogP contribution is -2.07. The molecule has 0 amide bonds. The van der Waals surface area contributed by atoms with Crippen molar-refractivity contribution in [3.63, 3.8) is 0 Å². The quantitative estimate of drug-likeness (QED) is 0.453. The van der Waals surface area contributed by atoms with Gasteiger partial charge in [0.05, 0.1) is 0 Å². The number of rotatable bonds is 6. The number of nitrogens with zero attached hydrogens (tertiary/aromatic N) is 2. The molecule has 6 heteroatoms. The summed E-state index contributed by atoms with van der Waals surface area (Å²) >= 11 is 3.36. The van der Waals surface area contributed by atoms with Crippen LogP contribution < -0.4 is 10.6 Å². The van der Waals surface area contributed by atoms with Crippen LogP contribution in [-0.2, 0) is 0 Å². The van der Waals surface area contributed by atoms with Gasteiger partial charge in [0.15, 0.2) is 5.16 Å². The molecule has 1 aromatic heterocycles. The van der Waals surface area contributed by atoms with E-state index in [9.17, 15) is 0 Å². The summed E-state index contributed by atoms with van der Waals surface area (Å²) < 4.78 is 0. The predicted octanol–water partition coefficient (Wildman–Crippen LogP) is 2.02. The Labute approximate surface area is 99.0 Å². The van der Waals surface area contributed by atoms with Gasteiger partial charge in [-0.25, -0.2) is 9.97 Å². The van der Waals surface area contributed by atoms with Gasteiger partial charge in [-0.3, -0.25) is 0 Å². The Balaban J connectivity index is 2.68. The average molecular weight is 244 g/mol. The first-order valence-corrected chi connectivity index (χ1v) is 7.25. The molecule has 15 heavy (non-hydrogen) atoms. The van der Waals surface area contributed by atoms with Gasteiger partial charge >= 0.3 is 0 Å². The summed E-state index contributed by atoms with van der Waals surface area (Å²) in [6, 6.07) is 1.92. The molecular formula is C9H16N4S2. The van der Waals surface area contributed by atoms with Crippen LogP contribution in [0.2, 0.25) is 0 Å². The van der Waals surface area contributed by atoms with Crippen LogP contribution in [0, 0.1) is 0 Å². The van der Waals surface area contributed by atoms with Gasteiger partial charge in [0.2, 0.25) is 0 Å². The van der Waals surface area contributed by atoms with Crippen LogP contribution in [0.3, 0.4) is 0 Å². The van der Waals surface area contributed by atoms with Gasteiger partial charge in [0, 0.05) is 25.4 Å². The second kappa shape index (κ2) is 6.79. The highest BCUT2D eigenvalue weighted by molar-refractivity contribution is 7.98. The molecule has 0 saturated heterocycles. The number of thioether (sulfide) groups is 2. The van der Waals surface area contributed by atoms with Gasteiger partial charge in [0.25, 0.3) is 0 Å². The third-order valence-corrected chi connectivity index (χ3v) is 2.92. The van der Waals surface area contributed by atoms with Crippen LogP contribution in [0.1, 0.15) is 0 Å². The maximum Gasteiger partial charge on any atom is 0.191 e. The Kier molecular flexibility index (Phi) is 5.63. The summed E-state index contributed by atoms with van der Waals surface area (Å²) in [4.78, 5) is 8.66. The van der Waals surface area contributed by atoms with Crippen LogP contribution >= 0.6 is 23.5 Å². The maximum absolute atomic E-state index is 4.36. The normalized spacial score (nSPS) is 10.1. The molecule has 0 aliphatic rings. The maximum atomic E-state index is 4.36. The third-order valence-electron chi connectivity index (χ3n) is 1.76. The molecule has 1 aromatic rings. The fraction of sp³-hybridized carbons (Fsp3) is 0.556. The molecule has 1 rings (SSSR count). The van der Waals surface area contributed by atoms with Crippen molar-refractivity contribution in [1.82, 2.24) is 9.97 Å². The smallest absolute Gasteiger partial charge is 0.191 e. The number of nitrogens with one attached hydrogen (secondary N) is 2. The summed E-state index contributed by atoms with van der Waals surface area (Å²) in [5.41, 5.74) is 0. The zero-order valence-electron chi connectivity index (χ0n) is 9.20. The molecule has 0 spiro atoms. The largest absolute Gasteiger partial charge is 0.373 e. The van der Waals surface area contributed by atoms with Crippen LogP contribution in [0.5, 0.6) is 0 Å². The van der Waals surface area contributed by atoms with Crippen molar-refractivity contribution in [3.05, 3.63) is 6.07 Å². The minimum Gasteiger partial charge on any atom is -0.373 e. The number of hydrogen-bond donors (Lipinski definition) is 2. The number of aromatic nitrogens is 2. The van der Waals surface area contributed by atoms with Gasteiger partial charge in [-0.2, -0.15) is 11.8 Å². The van der Waals surface area contributed by atoms with Crippen LogP contribution in [-0.4, -0.2) is 41.8 Å². The van der Waals surface area contributed by atoms with E-state index in [4.69, 9.17) is 0 Å². The summed E-state index contributed by atoms with van der Waals surface area (Å²) in [6.45, 7) is 0.926. The second-order valence-corrected chi connectivity index (χ2v) is 4.55. The SMILES string of the molecule is CNc1cc(NCCSC)nc(SC)n1. The number of hydrogen-bond acceptors (Lipinski definition) is 6. The van der Waals surface area contributed by atoms with Crippen molar-refractivity contribution in [3.8, 4) is 0 Å². The molecule has 0 bridgehead atoms. The van der Waals surface area contributed by atoms with E-state index in [-0.39, 0.29) is 0 Å². The van der Waals surface area contributed by atoms with Crippen molar-refractivity contribution in [2.45, 2.75) is 5.16 Å². The molecule has 4 nitrogen and oxygen atoms in total. The minimum atomic E-state index is 0.786. The van der Waals surface area contributed by atoms with E-state index in [0.29, 0.717) is 0 Å². The molecule has 0 unspecified atom stereocenters. The Bertz CT molecular complexity index is 284. The van der Waals surface area contributed by atoms with Gasteiger partial charge in [-0.15, -0.1) is 0 Å². The first kappa shape index (κ1) is 12.4. The van der Waals surface area contributed by atoms with Crippen LogP contribution in [0.4, 0.5) is 11.6 Å². The monoisotopic (exact) mass is 244 g/mol. The van der Waals surface area contributed by atoms with E-state index in [1.165, 1.54) is 0 Å². The number of anilines is 2. The lowest BCUT2D eigenvalue weighted by molar-refractivity contribution is 0.965. The predicted molar refractivity (Wildman–Crippen MR) is 70.2 cm³/mol. The minimum absolute atomic E-state index is 0.786. The summed E-state index contributed by atoms with van der Waals surface area (Å²) in [6.07, 6.45) is 4.06. The van der Waals surface area contributed by atoms with E-state index in [2.05, 4.69) is 26.9 Å². The van der Waals surface area contributed by atoms with E-state index in [1.807, 2.05) is 31.1 Å². The Morgan fingerprint density at radius 3 is 2.60 bits per heavy atom. The molecule has 0 aliphatic carbocycles. The van der Waals surface area contributed by atoms with Crippen LogP contribution in [0.25, 0.3) is 0 Å². The summed E-state index contributed by atoms with van der Waals surface area (Å²) in [5.74, 6) is 2.81. The van der Waals surface area contributed by atoms with Crippen molar-refractivity contribution in [1.29, 1.82) is 0 Å². The molecule has 0 atom stereocenters. The molecule has 0 radical (unpaired) electrons. The zero-order valence-corrected chi connectivity index (χ0v) is 10.8. The Morgan fingerprint density at radius 1 is 1.27 bits per heavy atom. The highest BCUT2D eigenvalue weighted by Gasteiger charge is 2.01. The molecule has 0 aliphatic heterocycles. The van der Waals surface area contributed by atoms with E-state index >= 15 is 0 Å². The summed E-state index contributed by atoms with van der Waals surface area (Å²) in [5, 5.41) is 7.08. The molecule has 0 aromatic carbocycles. The molecule has 84 valence electrons. The topological polar surface area (TPSA) is 49.8 Å². The second-order valence-electron chi connectivity index (χ2n) is 2.79. The van der Waals surface area contributed by atoms with Gasteiger partial charge in [0.1, 0.15) is 11.6 Å². The fourth-order valence-electron chi connectivity index (χ4n) is 1.02. The highest BCUT2D eigenvalue weighted by atomic mass is 32.2.